The summed E-state index contributed by atoms with van der Waals surface area (Å²) in [5.41, 5.74) is 0.734. The zero-order valence-corrected chi connectivity index (χ0v) is 14.9. The van der Waals surface area contributed by atoms with Crippen LogP contribution in [-0.2, 0) is 0 Å². The molecule has 0 aliphatic carbocycles. The minimum Gasteiger partial charge on any atom is -0.493 e. The van der Waals surface area contributed by atoms with Gasteiger partial charge in [0.2, 0.25) is 5.95 Å². The van der Waals surface area contributed by atoms with Crippen molar-refractivity contribution in [1.29, 1.82) is 0 Å². The van der Waals surface area contributed by atoms with Gasteiger partial charge in [0.1, 0.15) is 5.75 Å². The number of hydrogen-bond acceptors (Lipinski definition) is 5. The van der Waals surface area contributed by atoms with Crippen molar-refractivity contribution >= 4 is 39.3 Å². The zero-order chi connectivity index (χ0) is 15.9. The summed E-state index contributed by atoms with van der Waals surface area (Å²) in [7, 11) is 4.09. The maximum absolute atomic E-state index is 6.33. The fraction of sp³-hybridized carbons (Fsp3) is 0.333. The van der Waals surface area contributed by atoms with E-state index in [9.17, 15) is 0 Å². The Morgan fingerprint density at radius 1 is 1.23 bits per heavy atom. The van der Waals surface area contributed by atoms with Gasteiger partial charge in [0.25, 0.3) is 0 Å². The van der Waals surface area contributed by atoms with Crippen LogP contribution in [0.3, 0.4) is 0 Å². The molecule has 0 spiro atoms. The molecule has 0 atom stereocenters. The standard InChI is InChI=1S/C15H18BrClN4O/c1-20(2)9-4-10-22-12-5-6-13(16)14(11-12)21(17)15-18-7-3-8-19-15/h3,5-8,11H,4,9-10H2,1-2H3. The monoisotopic (exact) mass is 384 g/mol. The maximum atomic E-state index is 6.33. The van der Waals surface area contributed by atoms with E-state index in [1.165, 1.54) is 4.42 Å². The van der Waals surface area contributed by atoms with Crippen molar-refractivity contribution in [3.8, 4) is 5.75 Å². The van der Waals surface area contributed by atoms with E-state index >= 15 is 0 Å². The van der Waals surface area contributed by atoms with Crippen LogP contribution in [0.1, 0.15) is 6.42 Å². The summed E-state index contributed by atoms with van der Waals surface area (Å²) < 4.78 is 8.01. The fourth-order valence-electron chi connectivity index (χ4n) is 1.80. The second kappa shape index (κ2) is 8.31. The third kappa shape index (κ3) is 4.83. The molecule has 1 heterocycles. The van der Waals surface area contributed by atoms with Gasteiger partial charge in [-0.1, -0.05) is 0 Å². The van der Waals surface area contributed by atoms with Crippen LogP contribution in [0.5, 0.6) is 5.75 Å². The normalized spacial score (nSPS) is 10.8. The highest BCUT2D eigenvalue weighted by atomic mass is 79.9. The highest BCUT2D eigenvalue weighted by molar-refractivity contribution is 9.10. The van der Waals surface area contributed by atoms with E-state index in [2.05, 4.69) is 30.8 Å². The molecule has 0 unspecified atom stereocenters. The summed E-state index contributed by atoms with van der Waals surface area (Å²) in [5.74, 6) is 1.17. The van der Waals surface area contributed by atoms with Crippen molar-refractivity contribution in [2.24, 2.45) is 0 Å². The Morgan fingerprint density at radius 2 is 1.95 bits per heavy atom. The number of nitrogens with zero attached hydrogens (tertiary/aromatic N) is 4. The van der Waals surface area contributed by atoms with Crippen LogP contribution in [0, 0.1) is 0 Å². The third-order valence-corrected chi connectivity index (χ3v) is 3.88. The van der Waals surface area contributed by atoms with Crippen molar-refractivity contribution in [3.63, 3.8) is 0 Å². The lowest BCUT2D eigenvalue weighted by Crippen LogP contribution is -2.15. The number of halogens is 2. The molecule has 2 aromatic rings. The molecule has 0 fully saturated rings. The van der Waals surface area contributed by atoms with Gasteiger partial charge in [-0.2, -0.15) is 0 Å². The first-order chi connectivity index (χ1) is 10.6. The molecular formula is C15H18BrClN4O. The molecule has 0 N–H and O–H groups in total. The van der Waals surface area contributed by atoms with Crippen LogP contribution in [0.15, 0.2) is 41.1 Å². The van der Waals surface area contributed by atoms with E-state index in [-0.39, 0.29) is 0 Å². The highest BCUT2D eigenvalue weighted by Crippen LogP contribution is 2.34. The van der Waals surface area contributed by atoms with E-state index in [1.54, 1.807) is 18.5 Å². The zero-order valence-electron chi connectivity index (χ0n) is 12.5. The number of benzene rings is 1. The van der Waals surface area contributed by atoms with Gasteiger partial charge >= 0.3 is 0 Å². The van der Waals surface area contributed by atoms with E-state index < -0.39 is 0 Å². The van der Waals surface area contributed by atoms with Gasteiger partial charge in [-0.15, -0.1) is 0 Å². The Kier molecular flexibility index (Phi) is 6.42. The summed E-state index contributed by atoms with van der Waals surface area (Å²) in [6, 6.07) is 7.41. The van der Waals surface area contributed by atoms with Gasteiger partial charge < -0.3 is 9.64 Å². The van der Waals surface area contributed by atoms with E-state index in [1.807, 2.05) is 32.3 Å². The van der Waals surface area contributed by atoms with E-state index in [0.29, 0.717) is 12.6 Å². The topological polar surface area (TPSA) is 41.5 Å². The summed E-state index contributed by atoms with van der Waals surface area (Å²) >= 11 is 9.81. The minimum atomic E-state index is 0.412. The van der Waals surface area contributed by atoms with Crippen molar-refractivity contribution < 1.29 is 4.74 Å². The van der Waals surface area contributed by atoms with Crippen LogP contribution in [0.4, 0.5) is 11.6 Å². The van der Waals surface area contributed by atoms with Gasteiger partial charge in [0, 0.05) is 41.3 Å². The molecule has 5 nitrogen and oxygen atoms in total. The molecule has 7 heteroatoms. The van der Waals surface area contributed by atoms with Gasteiger partial charge in [0.15, 0.2) is 0 Å². The van der Waals surface area contributed by atoms with Gasteiger partial charge in [-0.05, 0) is 54.6 Å². The number of hydrogen-bond donors (Lipinski definition) is 0. The third-order valence-electron chi connectivity index (χ3n) is 2.88. The Morgan fingerprint density at radius 3 is 2.64 bits per heavy atom. The molecule has 0 aliphatic rings. The van der Waals surface area contributed by atoms with Crippen molar-refractivity contribution in [2.45, 2.75) is 6.42 Å². The SMILES string of the molecule is CN(C)CCCOc1ccc(Br)c(N(Cl)c2ncccn2)c1. The lowest BCUT2D eigenvalue weighted by molar-refractivity contribution is 0.281. The Balaban J connectivity index is 2.07. The van der Waals surface area contributed by atoms with Crippen LogP contribution in [0.2, 0.25) is 0 Å². The van der Waals surface area contributed by atoms with Crippen LogP contribution < -0.4 is 9.16 Å². The van der Waals surface area contributed by atoms with Crippen LogP contribution in [0.25, 0.3) is 0 Å². The largest absolute Gasteiger partial charge is 0.493 e. The number of anilines is 2. The summed E-state index contributed by atoms with van der Waals surface area (Å²) in [4.78, 5) is 10.4. The Hall–Kier alpha value is -1.37. The van der Waals surface area contributed by atoms with E-state index in [4.69, 9.17) is 16.5 Å². The van der Waals surface area contributed by atoms with Crippen molar-refractivity contribution in [2.75, 3.05) is 31.7 Å². The first kappa shape index (κ1) is 17.0. The highest BCUT2D eigenvalue weighted by Gasteiger charge is 2.13. The number of ether oxygens (including phenoxy) is 1. The molecule has 2 rings (SSSR count). The molecule has 0 bridgehead atoms. The van der Waals surface area contributed by atoms with Crippen molar-refractivity contribution in [1.82, 2.24) is 14.9 Å². The lowest BCUT2D eigenvalue weighted by atomic mass is 10.3. The van der Waals surface area contributed by atoms with Gasteiger partial charge in [-0.25, -0.2) is 14.4 Å². The summed E-state index contributed by atoms with van der Waals surface area (Å²) in [5, 5.41) is 0. The molecule has 0 radical (unpaired) electrons. The maximum Gasteiger partial charge on any atom is 0.245 e. The lowest BCUT2D eigenvalue weighted by Gasteiger charge is -2.16. The molecule has 0 aliphatic heterocycles. The van der Waals surface area contributed by atoms with Crippen LogP contribution in [-0.4, -0.2) is 42.1 Å². The molecule has 22 heavy (non-hydrogen) atoms. The van der Waals surface area contributed by atoms with Crippen LogP contribution >= 0.6 is 27.7 Å². The molecule has 1 aromatic carbocycles. The molecule has 0 saturated carbocycles. The minimum absolute atomic E-state index is 0.412. The molecule has 118 valence electrons. The molecule has 0 saturated heterocycles. The molecular weight excluding hydrogens is 368 g/mol. The Bertz CT molecular complexity index is 597. The molecule has 0 amide bonds. The number of aromatic nitrogens is 2. The van der Waals surface area contributed by atoms with Gasteiger partial charge in [0.05, 0.1) is 12.3 Å². The smallest absolute Gasteiger partial charge is 0.245 e. The number of rotatable bonds is 7. The van der Waals surface area contributed by atoms with Crippen molar-refractivity contribution in [3.05, 3.63) is 41.1 Å². The predicted molar refractivity (Wildman–Crippen MR) is 92.8 cm³/mol. The first-order valence-electron chi connectivity index (χ1n) is 6.88. The average molecular weight is 386 g/mol. The quantitative estimate of drug-likeness (QED) is 0.535. The first-order valence-corrected chi connectivity index (χ1v) is 8.01. The average Bonchev–Trinajstić information content (AvgIpc) is 2.53. The summed E-state index contributed by atoms with van der Waals surface area (Å²) in [6.07, 6.45) is 4.26. The summed E-state index contributed by atoms with van der Waals surface area (Å²) in [6.45, 7) is 1.65. The van der Waals surface area contributed by atoms with Gasteiger partial charge in [-0.3, -0.25) is 0 Å². The second-order valence-electron chi connectivity index (χ2n) is 4.95. The fourth-order valence-corrected chi connectivity index (χ4v) is 2.56. The van der Waals surface area contributed by atoms with E-state index in [0.717, 1.165) is 28.9 Å². The molecule has 1 aromatic heterocycles. The Labute approximate surface area is 144 Å². The second-order valence-corrected chi connectivity index (χ2v) is 6.14. The predicted octanol–water partition coefficient (Wildman–Crippen LogP) is 3.86.